The standard InChI is InChI=1S/C16H12Br2N4O2S/c1-24-12-5-3-2-4-10(12)15-20-21-16(25)22(15)19-8-9-6-7-11(17)14(23)13(9)18/h2-8,23H,1H3,(H,21,25)/b19-8-. The van der Waals surface area contributed by atoms with Crippen LogP contribution in [0.5, 0.6) is 11.5 Å². The molecule has 6 nitrogen and oxygen atoms in total. The van der Waals surface area contributed by atoms with Gasteiger partial charge in [0.2, 0.25) is 4.77 Å². The largest absolute Gasteiger partial charge is 0.506 e. The first-order chi connectivity index (χ1) is 12.0. The van der Waals surface area contributed by atoms with Crippen molar-refractivity contribution >= 4 is 50.3 Å². The lowest BCUT2D eigenvalue weighted by Gasteiger charge is -2.07. The third-order valence-electron chi connectivity index (χ3n) is 3.41. The van der Waals surface area contributed by atoms with E-state index in [0.717, 1.165) is 5.56 Å². The molecule has 0 unspecified atom stereocenters. The van der Waals surface area contributed by atoms with Gasteiger partial charge in [-0.1, -0.05) is 18.2 Å². The molecule has 2 aromatic carbocycles. The fraction of sp³-hybridized carbons (Fsp3) is 0.0625. The highest BCUT2D eigenvalue weighted by Crippen LogP contribution is 2.34. The van der Waals surface area contributed by atoms with E-state index in [-0.39, 0.29) is 5.75 Å². The van der Waals surface area contributed by atoms with Crippen LogP contribution in [0.2, 0.25) is 0 Å². The minimum absolute atomic E-state index is 0.102. The maximum absolute atomic E-state index is 9.98. The lowest BCUT2D eigenvalue weighted by Crippen LogP contribution is -1.97. The maximum atomic E-state index is 9.98. The number of H-pyrrole nitrogens is 1. The third kappa shape index (κ3) is 3.53. The number of phenols is 1. The number of aromatic nitrogens is 3. The summed E-state index contributed by atoms with van der Waals surface area (Å²) >= 11 is 11.9. The van der Waals surface area contributed by atoms with Crippen molar-refractivity contribution in [3.8, 4) is 22.9 Å². The number of hydrogen-bond donors (Lipinski definition) is 2. The number of ether oxygens (including phenoxy) is 1. The SMILES string of the molecule is COc1ccccc1-c1n[nH]c(=S)n1/N=C\c1ccc(Br)c(O)c1Br. The summed E-state index contributed by atoms with van der Waals surface area (Å²) in [4.78, 5) is 0. The Kier molecular flexibility index (Phi) is 5.36. The first-order valence-electron chi connectivity index (χ1n) is 7.05. The van der Waals surface area contributed by atoms with Crippen molar-refractivity contribution in [2.24, 2.45) is 5.10 Å². The first kappa shape index (κ1) is 17.8. The molecule has 3 aromatic rings. The second-order valence-electron chi connectivity index (χ2n) is 4.91. The van der Waals surface area contributed by atoms with Gasteiger partial charge in [-0.25, -0.2) is 5.10 Å². The zero-order chi connectivity index (χ0) is 18.0. The van der Waals surface area contributed by atoms with Gasteiger partial charge < -0.3 is 9.84 Å². The van der Waals surface area contributed by atoms with Crippen LogP contribution in [0.3, 0.4) is 0 Å². The Labute approximate surface area is 165 Å². The maximum Gasteiger partial charge on any atom is 0.216 e. The van der Waals surface area contributed by atoms with Crippen molar-refractivity contribution in [2.75, 3.05) is 7.11 Å². The van der Waals surface area contributed by atoms with E-state index < -0.39 is 0 Å². The number of methoxy groups -OCH3 is 1. The second kappa shape index (κ2) is 7.51. The number of rotatable bonds is 4. The fourth-order valence-corrected chi connectivity index (χ4v) is 3.40. The minimum atomic E-state index is 0.102. The Morgan fingerprint density at radius 3 is 2.80 bits per heavy atom. The molecule has 0 saturated heterocycles. The number of nitrogens with one attached hydrogen (secondary N) is 1. The Morgan fingerprint density at radius 1 is 1.28 bits per heavy atom. The number of aromatic hydroxyl groups is 1. The van der Waals surface area contributed by atoms with Crippen LogP contribution in [0.1, 0.15) is 5.56 Å². The van der Waals surface area contributed by atoms with Gasteiger partial charge in [0.05, 0.1) is 27.8 Å². The van der Waals surface area contributed by atoms with Crippen molar-refractivity contribution < 1.29 is 9.84 Å². The van der Waals surface area contributed by atoms with E-state index in [1.165, 1.54) is 4.68 Å². The molecule has 1 aromatic heterocycles. The number of para-hydroxylation sites is 1. The van der Waals surface area contributed by atoms with Crippen LogP contribution in [0.4, 0.5) is 0 Å². The summed E-state index contributed by atoms with van der Waals surface area (Å²) in [5.74, 6) is 1.29. The quantitative estimate of drug-likeness (QED) is 0.415. The average Bonchev–Trinajstić information content (AvgIpc) is 2.99. The third-order valence-corrected chi connectivity index (χ3v) is 5.14. The summed E-state index contributed by atoms with van der Waals surface area (Å²) in [6, 6.07) is 11.0. The fourth-order valence-electron chi connectivity index (χ4n) is 2.18. The van der Waals surface area contributed by atoms with Crippen molar-refractivity contribution in [1.82, 2.24) is 14.9 Å². The molecule has 0 spiro atoms. The second-order valence-corrected chi connectivity index (χ2v) is 6.94. The van der Waals surface area contributed by atoms with Gasteiger partial charge in [0.25, 0.3) is 0 Å². The van der Waals surface area contributed by atoms with Crippen molar-refractivity contribution in [3.05, 3.63) is 55.7 Å². The van der Waals surface area contributed by atoms with Gasteiger partial charge in [-0.2, -0.15) is 14.9 Å². The number of aromatic amines is 1. The van der Waals surface area contributed by atoms with Crippen LogP contribution in [0, 0.1) is 4.77 Å². The summed E-state index contributed by atoms with van der Waals surface area (Å²) in [6.45, 7) is 0. The molecule has 0 radical (unpaired) electrons. The number of hydrogen-bond acceptors (Lipinski definition) is 5. The van der Waals surface area contributed by atoms with E-state index in [1.54, 1.807) is 19.4 Å². The molecule has 9 heteroatoms. The summed E-state index contributed by atoms with van der Waals surface area (Å²) < 4.78 is 8.33. The van der Waals surface area contributed by atoms with Gasteiger partial charge in [-0.3, -0.25) is 0 Å². The van der Waals surface area contributed by atoms with Gasteiger partial charge in [0.15, 0.2) is 5.82 Å². The molecule has 2 N–H and O–H groups in total. The van der Waals surface area contributed by atoms with E-state index in [2.05, 4.69) is 47.2 Å². The highest BCUT2D eigenvalue weighted by molar-refractivity contribution is 9.11. The molecule has 0 fully saturated rings. The molecule has 0 bridgehead atoms. The van der Waals surface area contributed by atoms with Gasteiger partial charge in [-0.15, -0.1) is 0 Å². The molecule has 25 heavy (non-hydrogen) atoms. The molecule has 0 aliphatic heterocycles. The summed E-state index contributed by atoms with van der Waals surface area (Å²) in [7, 11) is 1.59. The van der Waals surface area contributed by atoms with E-state index in [0.29, 0.717) is 30.9 Å². The smallest absolute Gasteiger partial charge is 0.216 e. The molecular weight excluding hydrogens is 472 g/mol. The Hall–Kier alpha value is -1.97. The zero-order valence-corrected chi connectivity index (χ0v) is 16.9. The number of benzene rings is 2. The van der Waals surface area contributed by atoms with Crippen LogP contribution >= 0.6 is 44.1 Å². The minimum Gasteiger partial charge on any atom is -0.506 e. The Bertz CT molecular complexity index is 1010. The van der Waals surface area contributed by atoms with E-state index >= 15 is 0 Å². The van der Waals surface area contributed by atoms with Crippen LogP contribution in [0.25, 0.3) is 11.4 Å². The van der Waals surface area contributed by atoms with Crippen molar-refractivity contribution in [1.29, 1.82) is 0 Å². The molecule has 1 heterocycles. The van der Waals surface area contributed by atoms with Gasteiger partial charge in [0.1, 0.15) is 11.5 Å². The van der Waals surface area contributed by atoms with Gasteiger partial charge >= 0.3 is 0 Å². The lowest BCUT2D eigenvalue weighted by molar-refractivity contribution is 0.416. The molecule has 0 atom stereocenters. The molecule has 0 aliphatic rings. The lowest BCUT2D eigenvalue weighted by atomic mass is 10.2. The van der Waals surface area contributed by atoms with Gasteiger partial charge in [-0.05, 0) is 62.3 Å². The van der Waals surface area contributed by atoms with E-state index in [9.17, 15) is 5.11 Å². The first-order valence-corrected chi connectivity index (χ1v) is 9.04. The highest BCUT2D eigenvalue weighted by Gasteiger charge is 2.13. The molecule has 3 rings (SSSR count). The molecule has 0 saturated carbocycles. The summed E-state index contributed by atoms with van der Waals surface area (Å²) in [6.07, 6.45) is 1.58. The zero-order valence-electron chi connectivity index (χ0n) is 12.9. The number of nitrogens with zero attached hydrogens (tertiary/aromatic N) is 3. The van der Waals surface area contributed by atoms with E-state index in [4.69, 9.17) is 17.0 Å². The number of phenolic OH excluding ortho intramolecular Hbond substituents is 1. The molecule has 0 aliphatic carbocycles. The van der Waals surface area contributed by atoms with E-state index in [1.807, 2.05) is 30.3 Å². The topological polar surface area (TPSA) is 75.4 Å². The molecular formula is C16H12Br2N4O2S. The van der Waals surface area contributed by atoms with Crippen LogP contribution in [-0.4, -0.2) is 33.3 Å². The summed E-state index contributed by atoms with van der Waals surface area (Å²) in [5, 5.41) is 21.4. The highest BCUT2D eigenvalue weighted by atomic mass is 79.9. The monoisotopic (exact) mass is 482 g/mol. The van der Waals surface area contributed by atoms with Crippen molar-refractivity contribution in [3.63, 3.8) is 0 Å². The predicted octanol–water partition coefficient (Wildman–Crippen LogP) is 4.73. The Balaban J connectivity index is 2.07. The van der Waals surface area contributed by atoms with Crippen LogP contribution < -0.4 is 4.74 Å². The Morgan fingerprint density at radius 2 is 2.04 bits per heavy atom. The van der Waals surface area contributed by atoms with Crippen LogP contribution in [0.15, 0.2) is 50.4 Å². The summed E-state index contributed by atoms with van der Waals surface area (Å²) in [5.41, 5.74) is 1.45. The normalized spacial score (nSPS) is 11.2. The molecule has 0 amide bonds. The van der Waals surface area contributed by atoms with Crippen molar-refractivity contribution in [2.45, 2.75) is 0 Å². The van der Waals surface area contributed by atoms with Gasteiger partial charge in [0, 0.05) is 5.56 Å². The molecule has 128 valence electrons. The predicted molar refractivity (Wildman–Crippen MR) is 106 cm³/mol. The average molecular weight is 484 g/mol. The number of halogens is 2. The van der Waals surface area contributed by atoms with Crippen LogP contribution in [-0.2, 0) is 0 Å².